The molecule has 0 fully saturated rings. The van der Waals surface area contributed by atoms with Gasteiger partial charge in [0.25, 0.3) is 0 Å². The summed E-state index contributed by atoms with van der Waals surface area (Å²) in [6.07, 6.45) is 0. The first-order valence-corrected chi connectivity index (χ1v) is 6.25. The highest BCUT2D eigenvalue weighted by Crippen LogP contribution is 2.24. The highest BCUT2D eigenvalue weighted by molar-refractivity contribution is 9.10. The van der Waals surface area contributed by atoms with E-state index in [4.69, 9.17) is 10.5 Å². The Bertz CT molecular complexity index is 643. The van der Waals surface area contributed by atoms with Crippen LogP contribution in [0, 0.1) is 5.82 Å². The fourth-order valence-corrected chi connectivity index (χ4v) is 2.01. The van der Waals surface area contributed by atoms with Crippen LogP contribution < -0.4 is 10.5 Å². The molecule has 0 saturated carbocycles. The zero-order chi connectivity index (χ0) is 14.0. The van der Waals surface area contributed by atoms with Crippen molar-refractivity contribution in [3.05, 3.63) is 57.8 Å². The Morgan fingerprint density at radius 3 is 2.47 bits per heavy atom. The van der Waals surface area contributed by atoms with Crippen LogP contribution in [0.15, 0.2) is 40.9 Å². The van der Waals surface area contributed by atoms with Gasteiger partial charge in [-0.1, -0.05) is 0 Å². The van der Waals surface area contributed by atoms with Crippen LogP contribution in [-0.4, -0.2) is 12.9 Å². The van der Waals surface area contributed by atoms with Gasteiger partial charge in [-0.2, -0.15) is 0 Å². The lowest BCUT2D eigenvalue weighted by atomic mass is 10.0. The maximum atomic E-state index is 13.3. The number of rotatable bonds is 3. The minimum Gasteiger partial charge on any atom is -0.494 e. The van der Waals surface area contributed by atoms with Crippen LogP contribution in [0.2, 0.25) is 0 Å². The number of methoxy groups -OCH3 is 1. The van der Waals surface area contributed by atoms with Crippen molar-refractivity contribution >= 4 is 27.4 Å². The predicted octanol–water partition coefficient (Wildman–Crippen LogP) is 3.41. The Labute approximate surface area is 118 Å². The molecule has 0 aliphatic carbocycles. The molecule has 19 heavy (non-hydrogen) atoms. The Morgan fingerprint density at radius 1 is 1.21 bits per heavy atom. The molecule has 2 rings (SSSR count). The Balaban J connectivity index is 2.41. The van der Waals surface area contributed by atoms with E-state index in [1.54, 1.807) is 18.2 Å². The van der Waals surface area contributed by atoms with Gasteiger partial charge in [0.1, 0.15) is 0 Å². The largest absolute Gasteiger partial charge is 0.494 e. The van der Waals surface area contributed by atoms with Gasteiger partial charge in [-0.25, -0.2) is 4.39 Å². The lowest BCUT2D eigenvalue weighted by molar-refractivity contribution is 0.103. The fourth-order valence-electron chi connectivity index (χ4n) is 1.64. The topological polar surface area (TPSA) is 52.3 Å². The first-order valence-electron chi connectivity index (χ1n) is 5.46. The average molecular weight is 324 g/mol. The van der Waals surface area contributed by atoms with E-state index in [2.05, 4.69) is 15.9 Å². The van der Waals surface area contributed by atoms with Crippen molar-refractivity contribution in [1.82, 2.24) is 0 Å². The zero-order valence-electron chi connectivity index (χ0n) is 10.1. The first-order chi connectivity index (χ1) is 9.02. The van der Waals surface area contributed by atoms with Crippen LogP contribution in [0.1, 0.15) is 15.9 Å². The number of ketones is 1. The number of hydrogen-bond acceptors (Lipinski definition) is 3. The van der Waals surface area contributed by atoms with Crippen molar-refractivity contribution in [2.24, 2.45) is 0 Å². The van der Waals surface area contributed by atoms with Crippen molar-refractivity contribution in [3.63, 3.8) is 0 Å². The number of hydrogen-bond donors (Lipinski definition) is 1. The molecule has 98 valence electrons. The van der Waals surface area contributed by atoms with E-state index >= 15 is 0 Å². The van der Waals surface area contributed by atoms with Crippen molar-refractivity contribution in [2.75, 3.05) is 12.8 Å². The van der Waals surface area contributed by atoms with E-state index in [-0.39, 0.29) is 11.5 Å². The van der Waals surface area contributed by atoms with Gasteiger partial charge in [0.2, 0.25) is 0 Å². The van der Waals surface area contributed by atoms with Crippen LogP contribution in [0.4, 0.5) is 10.1 Å². The summed E-state index contributed by atoms with van der Waals surface area (Å²) >= 11 is 3.26. The Morgan fingerprint density at radius 2 is 1.84 bits per heavy atom. The molecule has 0 aromatic heterocycles. The molecule has 0 heterocycles. The molecule has 5 heteroatoms. The maximum absolute atomic E-state index is 13.3. The van der Waals surface area contributed by atoms with Crippen molar-refractivity contribution < 1.29 is 13.9 Å². The van der Waals surface area contributed by atoms with Gasteiger partial charge in [0.15, 0.2) is 17.3 Å². The third-order valence-electron chi connectivity index (χ3n) is 2.68. The van der Waals surface area contributed by atoms with E-state index in [9.17, 15) is 9.18 Å². The molecule has 2 aromatic rings. The number of nitrogens with two attached hydrogens (primary N) is 1. The first kappa shape index (κ1) is 13.5. The molecular formula is C14H11BrFNO2. The van der Waals surface area contributed by atoms with E-state index < -0.39 is 5.82 Å². The summed E-state index contributed by atoms with van der Waals surface area (Å²) < 4.78 is 18.8. The third kappa shape index (κ3) is 2.76. The van der Waals surface area contributed by atoms with E-state index in [0.717, 1.165) is 0 Å². The second kappa shape index (κ2) is 5.40. The average Bonchev–Trinajstić information content (AvgIpc) is 2.41. The molecule has 0 aliphatic rings. The molecule has 0 amide bonds. The SMILES string of the molecule is COc1cc(C(=O)c2ccc(N)c(Br)c2)ccc1F. The number of benzene rings is 2. The molecule has 0 radical (unpaired) electrons. The van der Waals surface area contributed by atoms with Crippen molar-refractivity contribution in [1.29, 1.82) is 0 Å². The number of nitrogen functional groups attached to an aromatic ring is 1. The number of ether oxygens (including phenoxy) is 1. The standard InChI is InChI=1S/C14H11BrFNO2/c1-19-13-7-9(2-4-11(13)16)14(18)8-3-5-12(17)10(15)6-8/h2-7H,17H2,1H3. The van der Waals surface area contributed by atoms with Gasteiger partial charge in [-0.3, -0.25) is 4.79 Å². The quantitative estimate of drug-likeness (QED) is 0.695. The summed E-state index contributed by atoms with van der Waals surface area (Å²) in [4.78, 5) is 12.2. The van der Waals surface area contributed by atoms with Crippen LogP contribution in [0.3, 0.4) is 0 Å². The number of halogens is 2. The lowest BCUT2D eigenvalue weighted by Crippen LogP contribution is -2.03. The maximum Gasteiger partial charge on any atom is 0.193 e. The highest BCUT2D eigenvalue weighted by Gasteiger charge is 2.13. The van der Waals surface area contributed by atoms with E-state index in [0.29, 0.717) is 21.3 Å². The second-order valence-electron chi connectivity index (χ2n) is 3.91. The minimum atomic E-state index is -0.502. The molecule has 0 bridgehead atoms. The molecule has 0 spiro atoms. The van der Waals surface area contributed by atoms with Gasteiger partial charge >= 0.3 is 0 Å². The summed E-state index contributed by atoms with van der Waals surface area (Å²) in [7, 11) is 1.35. The van der Waals surface area contributed by atoms with Crippen molar-refractivity contribution in [2.45, 2.75) is 0 Å². The Hall–Kier alpha value is -1.88. The van der Waals surface area contributed by atoms with Crippen molar-refractivity contribution in [3.8, 4) is 5.75 Å². The molecule has 0 aliphatic heterocycles. The van der Waals surface area contributed by atoms with E-state index in [1.165, 1.54) is 25.3 Å². The summed E-state index contributed by atoms with van der Waals surface area (Å²) in [5, 5.41) is 0. The number of carbonyl (C=O) groups is 1. The van der Waals surface area contributed by atoms with Gasteiger partial charge in [0, 0.05) is 21.3 Å². The van der Waals surface area contributed by atoms with Gasteiger partial charge < -0.3 is 10.5 Å². The molecule has 2 N–H and O–H groups in total. The van der Waals surface area contributed by atoms with Gasteiger partial charge in [-0.05, 0) is 52.3 Å². The smallest absolute Gasteiger partial charge is 0.193 e. The zero-order valence-corrected chi connectivity index (χ0v) is 11.7. The fraction of sp³-hybridized carbons (Fsp3) is 0.0714. The van der Waals surface area contributed by atoms with Crippen LogP contribution in [0.25, 0.3) is 0 Å². The highest BCUT2D eigenvalue weighted by atomic mass is 79.9. The third-order valence-corrected chi connectivity index (χ3v) is 3.36. The Kier molecular flexibility index (Phi) is 3.85. The lowest BCUT2D eigenvalue weighted by Gasteiger charge is -2.06. The molecule has 3 nitrogen and oxygen atoms in total. The van der Waals surface area contributed by atoms with Crippen LogP contribution in [0.5, 0.6) is 5.75 Å². The molecular weight excluding hydrogens is 313 g/mol. The normalized spacial score (nSPS) is 10.3. The summed E-state index contributed by atoms with van der Waals surface area (Å²) in [6.45, 7) is 0. The molecule has 0 saturated heterocycles. The number of carbonyl (C=O) groups excluding carboxylic acids is 1. The molecule has 0 atom stereocenters. The molecule has 2 aromatic carbocycles. The summed E-state index contributed by atoms with van der Waals surface area (Å²) in [5.41, 5.74) is 7.04. The van der Waals surface area contributed by atoms with Gasteiger partial charge in [-0.15, -0.1) is 0 Å². The minimum absolute atomic E-state index is 0.0420. The number of anilines is 1. The van der Waals surface area contributed by atoms with Crippen LogP contribution >= 0.6 is 15.9 Å². The van der Waals surface area contributed by atoms with E-state index in [1.807, 2.05) is 0 Å². The molecule has 0 unspecified atom stereocenters. The van der Waals surface area contributed by atoms with Gasteiger partial charge in [0.05, 0.1) is 7.11 Å². The second-order valence-corrected chi connectivity index (χ2v) is 4.77. The predicted molar refractivity (Wildman–Crippen MR) is 74.9 cm³/mol. The monoisotopic (exact) mass is 323 g/mol. The van der Waals surface area contributed by atoms with Crippen LogP contribution in [-0.2, 0) is 0 Å². The summed E-state index contributed by atoms with van der Waals surface area (Å²) in [6, 6.07) is 8.90. The summed E-state index contributed by atoms with van der Waals surface area (Å²) in [5.74, 6) is -0.683.